The maximum Gasteiger partial charge on any atom is 0.0874 e. The van der Waals surface area contributed by atoms with E-state index in [0.29, 0.717) is 0 Å². The van der Waals surface area contributed by atoms with E-state index in [1.54, 1.807) is 21.8 Å². The van der Waals surface area contributed by atoms with Gasteiger partial charge in [-0.05, 0) is 27.6 Å². The molecule has 0 aliphatic carbocycles. The molecule has 1 aliphatic rings. The maximum atomic E-state index is 4.33. The predicted octanol–water partition coefficient (Wildman–Crippen LogP) is 4.17. The number of hydrogen-bond acceptors (Lipinski definition) is 2. The summed E-state index contributed by atoms with van der Waals surface area (Å²) in [7, 11) is 3.31. The minimum absolute atomic E-state index is 0. The zero-order valence-electron chi connectivity index (χ0n) is 7.14. The van der Waals surface area contributed by atoms with Crippen LogP contribution in [0.2, 0.25) is 0 Å². The lowest BCUT2D eigenvalue weighted by molar-refractivity contribution is 1.34. The number of nitrogens with zero attached hydrogens (tertiary/aromatic N) is 1. The monoisotopic (exact) mass is 240 g/mol. The highest BCUT2D eigenvalue weighted by atomic mass is 35.5. The first-order valence-corrected chi connectivity index (χ1v) is 6.12. The summed E-state index contributed by atoms with van der Waals surface area (Å²) in [5.74, 6) is 0. The average Bonchev–Trinajstić information content (AvgIpc) is 2.65. The number of fused-ring (bicyclic) bond motifs is 3. The van der Waals surface area contributed by atoms with Gasteiger partial charge in [-0.1, -0.05) is 30.3 Å². The Labute approximate surface area is 96.6 Å². The lowest BCUT2D eigenvalue weighted by atomic mass is 10.1. The summed E-state index contributed by atoms with van der Waals surface area (Å²) in [5.41, 5.74) is 1.12. The highest BCUT2D eigenvalue weighted by molar-refractivity contribution is 8.76. The first-order valence-electron chi connectivity index (χ1n) is 4.02. The van der Waals surface area contributed by atoms with Crippen molar-refractivity contribution in [3.63, 3.8) is 0 Å². The Balaban J connectivity index is 0.000000750. The van der Waals surface area contributed by atoms with E-state index in [1.807, 2.05) is 0 Å². The van der Waals surface area contributed by atoms with Gasteiger partial charge in [-0.15, -0.1) is 12.4 Å². The number of hydrogen-bond donors (Lipinski definition) is 0. The van der Waals surface area contributed by atoms with Crippen LogP contribution in [0.3, 0.4) is 0 Å². The lowest BCUT2D eigenvalue weighted by Crippen LogP contribution is -1.79. The molecule has 1 heterocycles. The molecule has 14 heavy (non-hydrogen) atoms. The Hall–Kier alpha value is -0.510. The van der Waals surface area contributed by atoms with Crippen molar-refractivity contribution in [1.82, 2.24) is 4.72 Å². The normalized spacial score (nSPS) is 13.1. The summed E-state index contributed by atoms with van der Waals surface area (Å²) >= 11 is 0. The van der Waals surface area contributed by atoms with Crippen LogP contribution in [0.5, 0.6) is 0 Å². The third kappa shape index (κ3) is 1.45. The van der Waals surface area contributed by atoms with Crippen molar-refractivity contribution in [2.24, 2.45) is 0 Å². The third-order valence-electron chi connectivity index (χ3n) is 2.12. The van der Waals surface area contributed by atoms with E-state index in [1.165, 1.54) is 15.7 Å². The van der Waals surface area contributed by atoms with Crippen molar-refractivity contribution in [2.75, 3.05) is 0 Å². The minimum Gasteiger partial charge on any atom is -0.204 e. The van der Waals surface area contributed by atoms with Gasteiger partial charge >= 0.3 is 0 Å². The molecule has 2 aromatic carbocycles. The van der Waals surface area contributed by atoms with Gasteiger partial charge < -0.3 is 0 Å². The van der Waals surface area contributed by atoms with Crippen molar-refractivity contribution in [3.8, 4) is 0 Å². The summed E-state index contributed by atoms with van der Waals surface area (Å²) in [6.45, 7) is 0. The summed E-state index contributed by atoms with van der Waals surface area (Å²) in [6.07, 6.45) is 0. The topological polar surface area (TPSA) is 14.1 Å². The first kappa shape index (κ1) is 10.0. The molecule has 0 unspecified atom stereocenters. The van der Waals surface area contributed by atoms with Gasteiger partial charge in [0.2, 0.25) is 0 Å². The van der Waals surface area contributed by atoms with Gasteiger partial charge in [0.1, 0.15) is 0 Å². The molecular formula is C10H7ClNS2. The molecule has 0 amide bonds. The van der Waals surface area contributed by atoms with Gasteiger partial charge in [0.05, 0.1) is 10.6 Å². The van der Waals surface area contributed by atoms with Crippen molar-refractivity contribution in [1.29, 1.82) is 0 Å². The molecule has 1 aliphatic heterocycles. The van der Waals surface area contributed by atoms with Gasteiger partial charge in [-0.3, -0.25) is 0 Å². The molecule has 0 bridgehead atoms. The second-order valence-electron chi connectivity index (χ2n) is 2.88. The lowest BCUT2D eigenvalue weighted by Gasteiger charge is -2.00. The van der Waals surface area contributed by atoms with E-state index in [9.17, 15) is 0 Å². The van der Waals surface area contributed by atoms with E-state index in [-0.39, 0.29) is 12.4 Å². The van der Waals surface area contributed by atoms with Gasteiger partial charge in [-0.2, -0.15) is 0 Å². The molecule has 0 aromatic heterocycles. The van der Waals surface area contributed by atoms with Crippen LogP contribution in [0.15, 0.2) is 41.3 Å². The molecule has 1 nitrogen and oxygen atoms in total. The van der Waals surface area contributed by atoms with Crippen LogP contribution in [0.4, 0.5) is 5.69 Å². The molecule has 4 heteroatoms. The molecular weight excluding hydrogens is 234 g/mol. The molecule has 3 rings (SSSR count). The van der Waals surface area contributed by atoms with Crippen LogP contribution in [0.1, 0.15) is 0 Å². The van der Waals surface area contributed by atoms with E-state index in [4.69, 9.17) is 0 Å². The van der Waals surface area contributed by atoms with Gasteiger partial charge in [0, 0.05) is 11.0 Å². The minimum atomic E-state index is 0. The van der Waals surface area contributed by atoms with E-state index in [2.05, 4.69) is 41.1 Å². The summed E-state index contributed by atoms with van der Waals surface area (Å²) in [4.78, 5) is 1.31. The third-order valence-corrected chi connectivity index (χ3v) is 4.00. The van der Waals surface area contributed by atoms with Crippen LogP contribution in [0, 0.1) is 0 Å². The van der Waals surface area contributed by atoms with Crippen LogP contribution in [-0.2, 0) is 0 Å². The maximum absolute atomic E-state index is 4.33. The number of benzene rings is 2. The summed E-state index contributed by atoms with van der Waals surface area (Å²) in [5, 5.41) is 2.62. The summed E-state index contributed by atoms with van der Waals surface area (Å²) in [6, 6.07) is 12.7. The van der Waals surface area contributed by atoms with Crippen molar-refractivity contribution in [2.45, 2.75) is 4.90 Å². The Morgan fingerprint density at radius 3 is 2.79 bits per heavy atom. The fraction of sp³-hybridized carbons (Fsp3) is 0. The Kier molecular flexibility index (Phi) is 2.81. The standard InChI is InChI=1S/C10H6NS2.ClH/c1-2-4-8-7(3-1)5-6-9-10(8)12-13-11-9;/h1-6H;1H. The molecule has 0 fully saturated rings. The zero-order valence-corrected chi connectivity index (χ0v) is 9.59. The molecule has 0 atom stereocenters. The van der Waals surface area contributed by atoms with E-state index in [0.717, 1.165) is 5.69 Å². The largest absolute Gasteiger partial charge is 0.204 e. The predicted molar refractivity (Wildman–Crippen MR) is 66.4 cm³/mol. The van der Waals surface area contributed by atoms with Crippen LogP contribution in [-0.4, -0.2) is 0 Å². The van der Waals surface area contributed by atoms with Crippen LogP contribution in [0.25, 0.3) is 10.8 Å². The highest BCUT2D eigenvalue weighted by Gasteiger charge is 2.15. The fourth-order valence-electron chi connectivity index (χ4n) is 1.49. The zero-order chi connectivity index (χ0) is 8.67. The number of rotatable bonds is 0. The Morgan fingerprint density at radius 2 is 1.86 bits per heavy atom. The number of halogens is 1. The molecule has 2 aromatic rings. The summed E-state index contributed by atoms with van der Waals surface area (Å²) < 4.78 is 4.33. The smallest absolute Gasteiger partial charge is 0.0874 e. The average molecular weight is 241 g/mol. The molecule has 1 radical (unpaired) electrons. The first-order chi connectivity index (χ1) is 6.45. The fourth-order valence-corrected chi connectivity index (χ4v) is 3.47. The molecule has 71 valence electrons. The van der Waals surface area contributed by atoms with E-state index >= 15 is 0 Å². The van der Waals surface area contributed by atoms with Crippen molar-refractivity contribution >= 4 is 50.6 Å². The van der Waals surface area contributed by atoms with Crippen LogP contribution >= 0.6 is 34.2 Å². The Morgan fingerprint density at radius 1 is 1.00 bits per heavy atom. The van der Waals surface area contributed by atoms with E-state index < -0.39 is 0 Å². The van der Waals surface area contributed by atoms with Gasteiger partial charge in [0.15, 0.2) is 0 Å². The molecule has 0 N–H and O–H groups in total. The molecule has 0 saturated carbocycles. The van der Waals surface area contributed by atoms with Crippen molar-refractivity contribution in [3.05, 3.63) is 36.4 Å². The second-order valence-corrected chi connectivity index (χ2v) is 4.74. The van der Waals surface area contributed by atoms with Gasteiger partial charge in [-0.25, -0.2) is 4.72 Å². The SMILES string of the molecule is Cl.c1ccc2c3c(ccc2c1)[N]SS3. The molecule has 0 saturated heterocycles. The quantitative estimate of drug-likeness (QED) is 0.507. The second kappa shape index (κ2) is 3.93. The van der Waals surface area contributed by atoms with Gasteiger partial charge in [0.25, 0.3) is 0 Å². The van der Waals surface area contributed by atoms with Crippen molar-refractivity contribution < 1.29 is 0 Å². The highest BCUT2D eigenvalue weighted by Crippen LogP contribution is 2.48. The van der Waals surface area contributed by atoms with Crippen LogP contribution < -0.4 is 4.72 Å². The molecule has 0 spiro atoms. The Bertz CT molecular complexity index is 473.